The molecule has 0 heterocycles. The van der Waals surface area contributed by atoms with Crippen molar-refractivity contribution in [3.8, 4) is 5.75 Å². The fourth-order valence-corrected chi connectivity index (χ4v) is 1.14. The highest BCUT2D eigenvalue weighted by Gasteiger charge is 2.23. The van der Waals surface area contributed by atoms with Crippen molar-refractivity contribution in [3.63, 3.8) is 0 Å². The van der Waals surface area contributed by atoms with Crippen LogP contribution in [0.5, 0.6) is 5.75 Å². The Morgan fingerprint density at radius 3 is 1.76 bits per heavy atom. The standard InChI is InChI=1S/C9H6O7.Al.3H/c10-5-2-3(7(11)12)1-4(8(13)14)6(5)9(15)16;;;;/h1-2,10H,(H,11,12)(H,13,14)(H,15,16);;;;. The van der Waals surface area contributed by atoms with Gasteiger partial charge in [-0.2, -0.15) is 0 Å². The minimum Gasteiger partial charge on any atom is -0.507 e. The minimum absolute atomic E-state index is 0. The first kappa shape index (κ1) is 15.0. The summed E-state index contributed by atoms with van der Waals surface area (Å²) in [4.78, 5) is 31.9. The van der Waals surface area contributed by atoms with E-state index >= 15 is 0 Å². The molecule has 8 heteroatoms. The Kier molecular flexibility index (Phi) is 4.70. The summed E-state index contributed by atoms with van der Waals surface area (Å²) in [7, 11) is 0. The molecular weight excluding hydrogens is 247 g/mol. The normalized spacial score (nSPS) is 9.18. The first-order chi connectivity index (χ1) is 7.34. The monoisotopic (exact) mass is 256 g/mol. The Hall–Kier alpha value is -2.04. The summed E-state index contributed by atoms with van der Waals surface area (Å²) < 4.78 is 0. The van der Waals surface area contributed by atoms with Gasteiger partial charge in [0.2, 0.25) is 0 Å². The number of carbonyl (C=O) groups is 3. The van der Waals surface area contributed by atoms with Crippen molar-refractivity contribution in [2.75, 3.05) is 0 Å². The van der Waals surface area contributed by atoms with Crippen molar-refractivity contribution < 1.29 is 34.8 Å². The van der Waals surface area contributed by atoms with E-state index < -0.39 is 40.3 Å². The number of aromatic carboxylic acids is 3. The first-order valence-electron chi connectivity index (χ1n) is 3.91. The van der Waals surface area contributed by atoms with Gasteiger partial charge in [-0.25, -0.2) is 14.4 Å². The van der Waals surface area contributed by atoms with Crippen LogP contribution in [0.3, 0.4) is 0 Å². The van der Waals surface area contributed by atoms with Crippen molar-refractivity contribution >= 4 is 35.3 Å². The molecular formula is C9H9AlO7. The zero-order valence-corrected chi connectivity index (χ0v) is 7.67. The first-order valence-corrected chi connectivity index (χ1v) is 3.91. The number of carboxylic acid groups (broad SMARTS) is 3. The molecule has 0 aliphatic carbocycles. The molecule has 1 aromatic rings. The van der Waals surface area contributed by atoms with Gasteiger partial charge in [-0.3, -0.25) is 0 Å². The molecule has 0 aliphatic rings. The molecule has 0 saturated carbocycles. The molecule has 90 valence electrons. The minimum atomic E-state index is -1.65. The molecule has 0 unspecified atom stereocenters. The molecule has 1 aromatic carbocycles. The van der Waals surface area contributed by atoms with Crippen LogP contribution in [0, 0.1) is 0 Å². The third-order valence-corrected chi connectivity index (χ3v) is 1.81. The fourth-order valence-electron chi connectivity index (χ4n) is 1.14. The SMILES string of the molecule is O=C(O)c1cc(O)c(C(=O)O)c(C(=O)O)c1.[AlH3]. The Bertz CT molecular complexity index is 494. The van der Waals surface area contributed by atoms with Crippen LogP contribution in [0.25, 0.3) is 0 Å². The quantitative estimate of drug-likeness (QED) is 0.526. The maximum absolute atomic E-state index is 10.7. The van der Waals surface area contributed by atoms with Crippen LogP contribution in [-0.4, -0.2) is 55.7 Å². The van der Waals surface area contributed by atoms with Gasteiger partial charge >= 0.3 is 17.9 Å². The molecule has 0 radical (unpaired) electrons. The number of hydrogen-bond acceptors (Lipinski definition) is 4. The lowest BCUT2D eigenvalue weighted by Crippen LogP contribution is -2.10. The summed E-state index contributed by atoms with van der Waals surface area (Å²) in [5.41, 5.74) is -2.11. The van der Waals surface area contributed by atoms with Gasteiger partial charge in [0.1, 0.15) is 11.3 Å². The van der Waals surface area contributed by atoms with E-state index in [1.54, 1.807) is 0 Å². The molecule has 1 rings (SSSR count). The van der Waals surface area contributed by atoms with Crippen LogP contribution in [0.4, 0.5) is 0 Å². The van der Waals surface area contributed by atoms with Gasteiger partial charge < -0.3 is 20.4 Å². The topological polar surface area (TPSA) is 132 Å². The molecule has 17 heavy (non-hydrogen) atoms. The third kappa shape index (κ3) is 2.96. The van der Waals surface area contributed by atoms with Gasteiger partial charge in [0, 0.05) is 0 Å². The van der Waals surface area contributed by atoms with E-state index in [-0.39, 0.29) is 17.4 Å². The summed E-state index contributed by atoms with van der Waals surface area (Å²) in [6, 6.07) is 1.35. The summed E-state index contributed by atoms with van der Waals surface area (Å²) in [6.45, 7) is 0. The zero-order chi connectivity index (χ0) is 12.5. The molecule has 0 saturated heterocycles. The van der Waals surface area contributed by atoms with Crippen molar-refractivity contribution in [2.45, 2.75) is 0 Å². The van der Waals surface area contributed by atoms with Crippen molar-refractivity contribution in [1.29, 1.82) is 0 Å². The zero-order valence-electron chi connectivity index (χ0n) is 7.67. The lowest BCUT2D eigenvalue weighted by atomic mass is 10.0. The third-order valence-electron chi connectivity index (χ3n) is 1.81. The Labute approximate surface area is 105 Å². The smallest absolute Gasteiger partial charge is 0.340 e. The predicted molar refractivity (Wildman–Crippen MR) is 58.9 cm³/mol. The lowest BCUT2D eigenvalue weighted by molar-refractivity contribution is 0.0645. The van der Waals surface area contributed by atoms with Gasteiger partial charge in [-0.05, 0) is 12.1 Å². The molecule has 0 fully saturated rings. The molecule has 0 amide bonds. The Morgan fingerprint density at radius 2 is 1.41 bits per heavy atom. The van der Waals surface area contributed by atoms with Crippen molar-refractivity contribution in [1.82, 2.24) is 0 Å². The fraction of sp³-hybridized carbons (Fsp3) is 0. The average Bonchev–Trinajstić information content (AvgIpc) is 2.15. The van der Waals surface area contributed by atoms with Crippen LogP contribution in [0.1, 0.15) is 31.1 Å². The van der Waals surface area contributed by atoms with Crippen LogP contribution >= 0.6 is 0 Å². The number of phenols is 1. The molecule has 0 aliphatic heterocycles. The molecule has 4 N–H and O–H groups in total. The van der Waals surface area contributed by atoms with E-state index in [1.807, 2.05) is 0 Å². The number of rotatable bonds is 3. The number of carboxylic acids is 3. The molecule has 7 nitrogen and oxygen atoms in total. The summed E-state index contributed by atoms with van der Waals surface area (Å²) in [5.74, 6) is -5.64. The Morgan fingerprint density at radius 1 is 0.882 bits per heavy atom. The van der Waals surface area contributed by atoms with Crippen LogP contribution in [-0.2, 0) is 0 Å². The van der Waals surface area contributed by atoms with Gasteiger partial charge in [0.05, 0.1) is 11.1 Å². The highest BCUT2D eigenvalue weighted by molar-refractivity contribution is 6.05. The van der Waals surface area contributed by atoms with E-state index in [9.17, 15) is 19.5 Å². The van der Waals surface area contributed by atoms with Gasteiger partial charge in [0.15, 0.2) is 17.4 Å². The van der Waals surface area contributed by atoms with Crippen LogP contribution < -0.4 is 0 Å². The van der Waals surface area contributed by atoms with Gasteiger partial charge in [-0.1, -0.05) is 0 Å². The second-order valence-electron chi connectivity index (χ2n) is 2.83. The highest BCUT2D eigenvalue weighted by atomic mass is 27.0. The van der Waals surface area contributed by atoms with Gasteiger partial charge in [0.25, 0.3) is 0 Å². The number of benzene rings is 1. The van der Waals surface area contributed by atoms with Crippen LogP contribution in [0.2, 0.25) is 0 Å². The molecule has 0 spiro atoms. The van der Waals surface area contributed by atoms with Crippen molar-refractivity contribution in [3.05, 3.63) is 28.8 Å². The van der Waals surface area contributed by atoms with E-state index in [0.717, 1.165) is 0 Å². The summed E-state index contributed by atoms with van der Waals surface area (Å²) >= 11 is 0. The summed E-state index contributed by atoms with van der Waals surface area (Å²) in [5, 5.41) is 35.2. The molecule has 0 aromatic heterocycles. The lowest BCUT2D eigenvalue weighted by Gasteiger charge is -2.05. The van der Waals surface area contributed by atoms with Crippen molar-refractivity contribution in [2.24, 2.45) is 0 Å². The number of hydrogen-bond donors (Lipinski definition) is 4. The maximum atomic E-state index is 10.7. The predicted octanol–water partition coefficient (Wildman–Crippen LogP) is -0.697. The summed E-state index contributed by atoms with van der Waals surface area (Å²) in [6.07, 6.45) is 0. The Balaban J connectivity index is 0.00000256. The maximum Gasteiger partial charge on any atom is 0.340 e. The average molecular weight is 256 g/mol. The number of aromatic hydroxyl groups is 1. The second-order valence-corrected chi connectivity index (χ2v) is 2.83. The molecule has 0 atom stereocenters. The molecule has 0 bridgehead atoms. The van der Waals surface area contributed by atoms with Crippen LogP contribution in [0.15, 0.2) is 12.1 Å². The largest absolute Gasteiger partial charge is 0.507 e. The second kappa shape index (κ2) is 5.34. The van der Waals surface area contributed by atoms with Gasteiger partial charge in [-0.15, -0.1) is 0 Å². The van der Waals surface area contributed by atoms with E-state index in [2.05, 4.69) is 0 Å². The van der Waals surface area contributed by atoms with E-state index in [4.69, 9.17) is 15.3 Å². The van der Waals surface area contributed by atoms with E-state index in [0.29, 0.717) is 12.1 Å². The van der Waals surface area contributed by atoms with E-state index in [1.165, 1.54) is 0 Å². The highest BCUT2D eigenvalue weighted by Crippen LogP contribution is 2.24.